The smallest absolute Gasteiger partial charge is 0.159 e. The first-order valence-electron chi connectivity index (χ1n) is 8.12. The highest BCUT2D eigenvalue weighted by Gasteiger charge is 2.44. The van der Waals surface area contributed by atoms with Crippen molar-refractivity contribution < 1.29 is 9.59 Å². The molecule has 0 heterocycles. The van der Waals surface area contributed by atoms with Crippen molar-refractivity contribution >= 4 is 46.0 Å². The average Bonchev–Trinajstić information content (AvgIpc) is 3.37. The van der Waals surface area contributed by atoms with Crippen molar-refractivity contribution in [1.82, 2.24) is 9.80 Å². The molecule has 0 aromatic rings. The fraction of sp³-hybridized carbons (Fsp3) is 0.765. The Kier molecular flexibility index (Phi) is 5.26. The SMILES string of the molecule is CN(CC(=O)CC(=O)CN(C)C(=S)C1(C)CC1)C(=S)C1(C)CC1. The second-order valence-electron chi connectivity index (χ2n) is 7.70. The summed E-state index contributed by atoms with van der Waals surface area (Å²) in [5, 5.41) is 0. The van der Waals surface area contributed by atoms with E-state index >= 15 is 0 Å². The zero-order valence-corrected chi connectivity index (χ0v) is 16.1. The topological polar surface area (TPSA) is 40.6 Å². The zero-order valence-electron chi connectivity index (χ0n) is 14.5. The maximum atomic E-state index is 12.1. The monoisotopic (exact) mass is 354 g/mol. The third-order valence-electron chi connectivity index (χ3n) is 4.95. The number of Topliss-reactive ketones (excluding diaryl/α,β-unsaturated/α-hetero) is 2. The van der Waals surface area contributed by atoms with Crippen LogP contribution >= 0.6 is 24.4 Å². The van der Waals surface area contributed by atoms with Crippen molar-refractivity contribution in [2.45, 2.75) is 46.0 Å². The number of hydrogen-bond acceptors (Lipinski definition) is 4. The lowest BCUT2D eigenvalue weighted by molar-refractivity contribution is -0.127. The molecule has 0 unspecified atom stereocenters. The first-order chi connectivity index (χ1) is 10.6. The molecule has 0 atom stereocenters. The molecule has 0 radical (unpaired) electrons. The third kappa shape index (κ3) is 4.57. The van der Waals surface area contributed by atoms with E-state index in [0.717, 1.165) is 35.7 Å². The molecule has 0 aromatic carbocycles. The summed E-state index contributed by atoms with van der Waals surface area (Å²) in [7, 11) is 3.67. The second-order valence-corrected chi connectivity index (χ2v) is 8.47. The van der Waals surface area contributed by atoms with Gasteiger partial charge in [0.2, 0.25) is 0 Å². The molecule has 6 heteroatoms. The Hall–Kier alpha value is -0.880. The van der Waals surface area contributed by atoms with E-state index in [1.54, 1.807) is 0 Å². The van der Waals surface area contributed by atoms with Crippen LogP contribution in [-0.4, -0.2) is 58.5 Å². The molecule has 4 nitrogen and oxygen atoms in total. The Morgan fingerprint density at radius 3 is 1.39 bits per heavy atom. The van der Waals surface area contributed by atoms with Gasteiger partial charge in [-0.2, -0.15) is 0 Å². The molecule has 2 aliphatic carbocycles. The second kappa shape index (κ2) is 6.55. The maximum absolute atomic E-state index is 12.1. The number of likely N-dealkylation sites (N-methyl/N-ethyl adjacent to an activating group) is 2. The number of carbonyl (C=O) groups is 2. The van der Waals surface area contributed by atoms with Crippen molar-refractivity contribution in [2.24, 2.45) is 10.8 Å². The summed E-state index contributed by atoms with van der Waals surface area (Å²) in [6, 6.07) is 0. The molecule has 2 aliphatic rings. The number of rotatable bonds is 8. The molecule has 0 amide bonds. The number of thiocarbonyl (C=S) groups is 2. The van der Waals surface area contributed by atoms with Gasteiger partial charge in [-0.3, -0.25) is 9.59 Å². The Morgan fingerprint density at radius 1 is 0.826 bits per heavy atom. The van der Waals surface area contributed by atoms with Crippen molar-refractivity contribution in [3.05, 3.63) is 0 Å². The van der Waals surface area contributed by atoms with E-state index in [-0.39, 0.29) is 41.9 Å². The molecule has 0 aromatic heterocycles. The molecule has 0 N–H and O–H groups in total. The lowest BCUT2D eigenvalue weighted by Crippen LogP contribution is -2.38. The van der Waals surface area contributed by atoms with E-state index < -0.39 is 0 Å². The van der Waals surface area contributed by atoms with Crippen LogP contribution in [0.5, 0.6) is 0 Å². The van der Waals surface area contributed by atoms with E-state index in [9.17, 15) is 9.59 Å². The number of ketones is 2. The molecule has 2 rings (SSSR count). The van der Waals surface area contributed by atoms with Gasteiger partial charge in [-0.25, -0.2) is 0 Å². The predicted molar refractivity (Wildman–Crippen MR) is 99.8 cm³/mol. The normalized spacial score (nSPS) is 19.7. The Morgan fingerprint density at radius 2 is 1.13 bits per heavy atom. The fourth-order valence-corrected chi connectivity index (χ4v) is 3.27. The van der Waals surface area contributed by atoms with Gasteiger partial charge >= 0.3 is 0 Å². The standard InChI is InChI=1S/C17H26N2O2S2/c1-16(5-6-16)14(22)18(3)10-12(20)9-13(21)11-19(4)15(23)17(2)7-8-17/h5-11H2,1-4H3. The highest BCUT2D eigenvalue weighted by Crippen LogP contribution is 2.47. The molecular formula is C17H26N2O2S2. The molecule has 2 fully saturated rings. The van der Waals surface area contributed by atoms with Crippen LogP contribution in [0.3, 0.4) is 0 Å². The van der Waals surface area contributed by atoms with Crippen LogP contribution in [-0.2, 0) is 9.59 Å². The zero-order chi connectivity index (χ0) is 17.4. The van der Waals surface area contributed by atoms with E-state index in [4.69, 9.17) is 24.4 Å². The minimum absolute atomic E-state index is 0.0483. The third-order valence-corrected chi connectivity index (χ3v) is 6.56. The molecule has 0 aliphatic heterocycles. The van der Waals surface area contributed by atoms with Gasteiger partial charge in [-0.05, 0) is 25.7 Å². The van der Waals surface area contributed by atoms with E-state index in [2.05, 4.69) is 13.8 Å². The van der Waals surface area contributed by atoms with Crippen LogP contribution in [0.25, 0.3) is 0 Å². The average molecular weight is 355 g/mol. The largest absolute Gasteiger partial charge is 0.361 e. The van der Waals surface area contributed by atoms with E-state index in [1.165, 1.54) is 0 Å². The van der Waals surface area contributed by atoms with Crippen LogP contribution in [0.15, 0.2) is 0 Å². The summed E-state index contributed by atoms with van der Waals surface area (Å²) < 4.78 is 0. The highest BCUT2D eigenvalue weighted by atomic mass is 32.1. The minimum Gasteiger partial charge on any atom is -0.361 e. The Bertz CT molecular complexity index is 503. The molecule has 2 saturated carbocycles. The molecule has 0 spiro atoms. The van der Waals surface area contributed by atoms with Crippen LogP contribution < -0.4 is 0 Å². The van der Waals surface area contributed by atoms with E-state index in [1.807, 2.05) is 23.9 Å². The van der Waals surface area contributed by atoms with Gasteiger partial charge in [-0.1, -0.05) is 38.3 Å². The van der Waals surface area contributed by atoms with Gasteiger partial charge in [0.15, 0.2) is 11.6 Å². The highest BCUT2D eigenvalue weighted by molar-refractivity contribution is 7.80. The molecular weight excluding hydrogens is 328 g/mol. The summed E-state index contributed by atoms with van der Waals surface area (Å²) in [6.07, 6.45) is 4.30. The summed E-state index contributed by atoms with van der Waals surface area (Å²) >= 11 is 10.8. The Balaban J connectivity index is 1.75. The summed E-state index contributed by atoms with van der Waals surface area (Å²) in [5.74, 6) is -0.165. The first kappa shape index (κ1) is 18.5. The summed E-state index contributed by atoms with van der Waals surface area (Å²) in [4.78, 5) is 29.5. The van der Waals surface area contributed by atoms with Crippen molar-refractivity contribution in [2.75, 3.05) is 27.2 Å². The van der Waals surface area contributed by atoms with Crippen LogP contribution in [0.4, 0.5) is 0 Å². The van der Waals surface area contributed by atoms with Crippen molar-refractivity contribution in [3.8, 4) is 0 Å². The van der Waals surface area contributed by atoms with E-state index in [0.29, 0.717) is 0 Å². The van der Waals surface area contributed by atoms with Gasteiger partial charge in [0, 0.05) is 24.9 Å². The lowest BCUT2D eigenvalue weighted by atomic mass is 10.1. The number of hydrogen-bond donors (Lipinski definition) is 0. The quantitative estimate of drug-likeness (QED) is 0.493. The van der Waals surface area contributed by atoms with Crippen molar-refractivity contribution in [1.29, 1.82) is 0 Å². The van der Waals surface area contributed by atoms with Gasteiger partial charge < -0.3 is 9.80 Å². The summed E-state index contributed by atoms with van der Waals surface area (Å²) in [6.45, 7) is 4.67. The van der Waals surface area contributed by atoms with Crippen LogP contribution in [0.1, 0.15) is 46.0 Å². The van der Waals surface area contributed by atoms with Gasteiger partial charge in [0.25, 0.3) is 0 Å². The van der Waals surface area contributed by atoms with Gasteiger partial charge in [0.05, 0.1) is 29.5 Å². The molecule has 0 bridgehead atoms. The molecule has 0 saturated heterocycles. The van der Waals surface area contributed by atoms with Crippen LogP contribution in [0, 0.1) is 10.8 Å². The fourth-order valence-electron chi connectivity index (χ4n) is 2.73. The van der Waals surface area contributed by atoms with Crippen molar-refractivity contribution in [3.63, 3.8) is 0 Å². The number of carbonyl (C=O) groups excluding carboxylic acids is 2. The van der Waals surface area contributed by atoms with Gasteiger partial charge in [0.1, 0.15) is 0 Å². The van der Waals surface area contributed by atoms with Crippen LogP contribution in [0.2, 0.25) is 0 Å². The first-order valence-corrected chi connectivity index (χ1v) is 8.94. The lowest BCUT2D eigenvalue weighted by Gasteiger charge is -2.25. The molecule has 23 heavy (non-hydrogen) atoms. The maximum Gasteiger partial charge on any atom is 0.159 e. The van der Waals surface area contributed by atoms with Gasteiger partial charge in [-0.15, -0.1) is 0 Å². The minimum atomic E-state index is -0.0824. The number of nitrogens with zero attached hydrogens (tertiary/aromatic N) is 2. The predicted octanol–water partition coefficient (Wildman–Crippen LogP) is 2.63. The molecule has 128 valence electrons. The Labute approximate surface area is 149 Å². The summed E-state index contributed by atoms with van der Waals surface area (Å²) in [5.41, 5.74) is 0.168.